The minimum atomic E-state index is -0.734. The van der Waals surface area contributed by atoms with Crippen LogP contribution < -0.4 is 5.32 Å². The lowest BCUT2D eigenvalue weighted by Crippen LogP contribution is -2.50. The van der Waals surface area contributed by atoms with E-state index in [0.29, 0.717) is 6.42 Å². The molecule has 2 atom stereocenters. The normalized spacial score (nSPS) is 29.6. The van der Waals surface area contributed by atoms with Gasteiger partial charge in [-0.05, 0) is 46.0 Å². The second kappa shape index (κ2) is 4.32. The van der Waals surface area contributed by atoms with Gasteiger partial charge in [-0.25, -0.2) is 4.79 Å². The molecule has 1 fully saturated rings. The Morgan fingerprint density at radius 1 is 1.56 bits per heavy atom. The first kappa shape index (κ1) is 12.8. The number of nitrogens with one attached hydrogen (secondary N) is 1. The van der Waals surface area contributed by atoms with Crippen LogP contribution in [-0.2, 0) is 4.74 Å². The van der Waals surface area contributed by atoms with E-state index >= 15 is 0 Å². The zero-order valence-corrected chi connectivity index (χ0v) is 10.5. The van der Waals surface area contributed by atoms with Crippen LogP contribution in [0.3, 0.4) is 0 Å². The molecule has 0 aromatic carbocycles. The van der Waals surface area contributed by atoms with Gasteiger partial charge in [-0.1, -0.05) is 6.92 Å². The van der Waals surface area contributed by atoms with Crippen molar-refractivity contribution in [1.29, 1.82) is 5.26 Å². The smallest absolute Gasteiger partial charge is 0.408 e. The van der Waals surface area contributed by atoms with Gasteiger partial charge in [0.25, 0.3) is 0 Å². The maximum atomic E-state index is 11.6. The lowest BCUT2D eigenvalue weighted by molar-refractivity contribution is 0.0465. The summed E-state index contributed by atoms with van der Waals surface area (Å²) >= 11 is 0. The highest BCUT2D eigenvalue weighted by Gasteiger charge is 2.42. The molecule has 0 aromatic rings. The maximum Gasteiger partial charge on any atom is 0.408 e. The fraction of sp³-hybridized carbons (Fsp3) is 0.833. The van der Waals surface area contributed by atoms with Gasteiger partial charge in [0, 0.05) is 0 Å². The predicted molar refractivity (Wildman–Crippen MR) is 60.7 cm³/mol. The van der Waals surface area contributed by atoms with E-state index in [1.165, 1.54) is 0 Å². The average molecular weight is 224 g/mol. The molecule has 1 saturated carbocycles. The number of hydrogen-bond acceptors (Lipinski definition) is 3. The number of carbonyl (C=O) groups excluding carboxylic acids is 1. The Morgan fingerprint density at radius 3 is 2.56 bits per heavy atom. The molecule has 4 nitrogen and oxygen atoms in total. The van der Waals surface area contributed by atoms with E-state index < -0.39 is 17.2 Å². The third-order valence-corrected chi connectivity index (χ3v) is 2.97. The largest absolute Gasteiger partial charge is 0.444 e. The first-order valence-electron chi connectivity index (χ1n) is 5.71. The molecule has 1 aliphatic rings. The molecular formula is C12H20N2O2. The molecule has 0 spiro atoms. The van der Waals surface area contributed by atoms with Crippen LogP contribution in [0.4, 0.5) is 4.79 Å². The van der Waals surface area contributed by atoms with Crippen molar-refractivity contribution in [3.05, 3.63) is 0 Å². The van der Waals surface area contributed by atoms with E-state index in [1.54, 1.807) is 0 Å². The molecule has 1 amide bonds. The van der Waals surface area contributed by atoms with Crippen LogP contribution in [0.2, 0.25) is 0 Å². The second-order valence-corrected chi connectivity index (χ2v) is 5.50. The highest BCUT2D eigenvalue weighted by Crippen LogP contribution is 2.35. The molecule has 0 radical (unpaired) electrons. The molecule has 0 heterocycles. The van der Waals surface area contributed by atoms with Gasteiger partial charge in [-0.2, -0.15) is 5.26 Å². The highest BCUT2D eigenvalue weighted by molar-refractivity contribution is 5.69. The SMILES string of the molecule is CC1CCCC1(C#N)NC(=O)OC(C)(C)C. The third-order valence-electron chi connectivity index (χ3n) is 2.97. The van der Waals surface area contributed by atoms with Crippen LogP contribution >= 0.6 is 0 Å². The number of ether oxygens (including phenoxy) is 1. The molecule has 1 aliphatic carbocycles. The van der Waals surface area contributed by atoms with E-state index in [2.05, 4.69) is 11.4 Å². The van der Waals surface area contributed by atoms with E-state index in [-0.39, 0.29) is 5.92 Å². The van der Waals surface area contributed by atoms with Gasteiger partial charge in [-0.3, -0.25) is 0 Å². The summed E-state index contributed by atoms with van der Waals surface area (Å²) in [6.45, 7) is 7.42. The number of alkyl carbamates (subject to hydrolysis) is 1. The third kappa shape index (κ3) is 2.88. The number of amides is 1. The Morgan fingerprint density at radius 2 is 2.19 bits per heavy atom. The first-order chi connectivity index (χ1) is 7.29. The molecule has 0 bridgehead atoms. The second-order valence-electron chi connectivity index (χ2n) is 5.50. The summed E-state index contributed by atoms with van der Waals surface area (Å²) in [4.78, 5) is 11.6. The van der Waals surface area contributed by atoms with Crippen LogP contribution in [0.1, 0.15) is 47.0 Å². The Balaban J connectivity index is 2.65. The average Bonchev–Trinajstić information content (AvgIpc) is 2.45. The van der Waals surface area contributed by atoms with Gasteiger partial charge in [0.15, 0.2) is 0 Å². The molecule has 2 unspecified atom stereocenters. The summed E-state index contributed by atoms with van der Waals surface area (Å²) in [6.07, 6.45) is 2.17. The van der Waals surface area contributed by atoms with Crippen molar-refractivity contribution >= 4 is 6.09 Å². The summed E-state index contributed by atoms with van der Waals surface area (Å²) in [5.41, 5.74) is -1.26. The number of nitrogens with zero attached hydrogens (tertiary/aromatic N) is 1. The fourth-order valence-corrected chi connectivity index (χ4v) is 2.05. The van der Waals surface area contributed by atoms with Crippen molar-refractivity contribution in [1.82, 2.24) is 5.32 Å². The minimum absolute atomic E-state index is 0.185. The predicted octanol–water partition coefficient (Wildman–Crippen LogP) is 2.59. The van der Waals surface area contributed by atoms with Gasteiger partial charge in [-0.15, -0.1) is 0 Å². The summed E-state index contributed by atoms with van der Waals surface area (Å²) < 4.78 is 5.17. The van der Waals surface area contributed by atoms with Crippen LogP contribution in [0, 0.1) is 17.2 Å². The molecule has 0 aliphatic heterocycles. The Labute approximate surface area is 97.0 Å². The molecule has 1 N–H and O–H groups in total. The molecule has 90 valence electrons. The zero-order valence-electron chi connectivity index (χ0n) is 10.5. The lowest BCUT2D eigenvalue weighted by atomic mass is 9.90. The Kier molecular flexibility index (Phi) is 3.47. The first-order valence-corrected chi connectivity index (χ1v) is 5.71. The zero-order chi connectivity index (χ0) is 12.4. The summed E-state index contributed by atoms with van der Waals surface area (Å²) in [5.74, 6) is 0.185. The quantitative estimate of drug-likeness (QED) is 0.744. The van der Waals surface area contributed by atoms with E-state index in [4.69, 9.17) is 4.74 Å². The highest BCUT2D eigenvalue weighted by atomic mass is 16.6. The van der Waals surface area contributed by atoms with Crippen molar-refractivity contribution in [2.45, 2.75) is 58.1 Å². The minimum Gasteiger partial charge on any atom is -0.444 e. The van der Waals surface area contributed by atoms with Gasteiger partial charge in [0.05, 0.1) is 6.07 Å². The molecule has 0 aromatic heterocycles. The molecule has 0 saturated heterocycles. The number of nitriles is 1. The van der Waals surface area contributed by atoms with Crippen molar-refractivity contribution in [3.63, 3.8) is 0 Å². The molecule has 16 heavy (non-hydrogen) atoms. The Hall–Kier alpha value is -1.24. The van der Waals surface area contributed by atoms with Crippen molar-refractivity contribution < 1.29 is 9.53 Å². The van der Waals surface area contributed by atoms with E-state index in [9.17, 15) is 10.1 Å². The summed E-state index contributed by atoms with van der Waals surface area (Å²) in [7, 11) is 0. The number of carbonyl (C=O) groups is 1. The molecule has 1 rings (SSSR count). The van der Waals surface area contributed by atoms with E-state index in [1.807, 2.05) is 27.7 Å². The number of hydrogen-bond donors (Lipinski definition) is 1. The van der Waals surface area contributed by atoms with E-state index in [0.717, 1.165) is 12.8 Å². The van der Waals surface area contributed by atoms with Gasteiger partial charge in [0.1, 0.15) is 11.1 Å². The molecular weight excluding hydrogens is 204 g/mol. The van der Waals surface area contributed by atoms with Crippen molar-refractivity contribution in [2.24, 2.45) is 5.92 Å². The molecule has 4 heteroatoms. The van der Waals surface area contributed by atoms with Gasteiger partial charge < -0.3 is 10.1 Å². The van der Waals surface area contributed by atoms with Crippen molar-refractivity contribution in [2.75, 3.05) is 0 Å². The van der Waals surface area contributed by atoms with Crippen LogP contribution in [-0.4, -0.2) is 17.2 Å². The van der Waals surface area contributed by atoms with Gasteiger partial charge in [0.2, 0.25) is 0 Å². The summed E-state index contributed by atoms with van der Waals surface area (Å²) in [6, 6.07) is 2.23. The number of rotatable bonds is 1. The standard InChI is InChI=1S/C12H20N2O2/c1-9-6-5-7-12(9,8-13)14-10(15)16-11(2,3)4/h9H,5-7H2,1-4H3,(H,14,15). The lowest BCUT2D eigenvalue weighted by Gasteiger charge is -2.29. The Bertz CT molecular complexity index is 314. The maximum absolute atomic E-state index is 11.6. The van der Waals surface area contributed by atoms with Crippen LogP contribution in [0.25, 0.3) is 0 Å². The van der Waals surface area contributed by atoms with Crippen LogP contribution in [0.15, 0.2) is 0 Å². The topological polar surface area (TPSA) is 62.1 Å². The van der Waals surface area contributed by atoms with Gasteiger partial charge >= 0.3 is 6.09 Å². The fourth-order valence-electron chi connectivity index (χ4n) is 2.05. The summed E-state index contributed by atoms with van der Waals surface area (Å²) in [5, 5.41) is 11.9. The monoisotopic (exact) mass is 224 g/mol. The van der Waals surface area contributed by atoms with Crippen molar-refractivity contribution in [3.8, 4) is 6.07 Å². The van der Waals surface area contributed by atoms with Crippen LogP contribution in [0.5, 0.6) is 0 Å².